The molecule has 0 aliphatic carbocycles. The zero-order valence-electron chi connectivity index (χ0n) is 12.0. The van der Waals surface area contributed by atoms with Crippen molar-refractivity contribution in [3.63, 3.8) is 0 Å². The summed E-state index contributed by atoms with van der Waals surface area (Å²) in [4.78, 5) is 35.1. The quantitative estimate of drug-likeness (QED) is 0.867. The molecule has 0 radical (unpaired) electrons. The fourth-order valence-electron chi connectivity index (χ4n) is 1.72. The second-order valence-electron chi connectivity index (χ2n) is 4.51. The highest BCUT2D eigenvalue weighted by atomic mass is 16.5. The Hall–Kier alpha value is -3.46. The number of carbonyl (C=O) groups is 3. The Bertz CT molecular complexity index is 761. The predicted octanol–water partition coefficient (Wildman–Crippen LogP) is 1.67. The fraction of sp³-hybridized carbons (Fsp3) is 0.0588. The van der Waals surface area contributed by atoms with Crippen LogP contribution in [0.3, 0.4) is 0 Å². The van der Waals surface area contributed by atoms with Gasteiger partial charge < -0.3 is 4.74 Å². The second-order valence-corrected chi connectivity index (χ2v) is 4.51. The zero-order valence-corrected chi connectivity index (χ0v) is 12.0. The molecule has 0 saturated heterocycles. The molecule has 2 aromatic carbocycles. The molecule has 6 heteroatoms. The summed E-state index contributed by atoms with van der Waals surface area (Å²) in [6.07, 6.45) is 0. The molecule has 0 saturated carbocycles. The van der Waals surface area contributed by atoms with Gasteiger partial charge in [0.25, 0.3) is 11.8 Å². The van der Waals surface area contributed by atoms with Gasteiger partial charge in [-0.1, -0.05) is 18.2 Å². The Balaban J connectivity index is 1.85. The van der Waals surface area contributed by atoms with Gasteiger partial charge in [-0.2, -0.15) is 5.26 Å². The van der Waals surface area contributed by atoms with Crippen LogP contribution >= 0.6 is 0 Å². The van der Waals surface area contributed by atoms with E-state index in [9.17, 15) is 14.4 Å². The van der Waals surface area contributed by atoms with E-state index < -0.39 is 24.4 Å². The molecule has 2 amide bonds. The minimum absolute atomic E-state index is 0.214. The van der Waals surface area contributed by atoms with Crippen LogP contribution in [0, 0.1) is 11.3 Å². The molecule has 0 bridgehead atoms. The molecule has 2 rings (SSSR count). The molecule has 2 aromatic rings. The third-order valence-corrected chi connectivity index (χ3v) is 2.87. The van der Waals surface area contributed by atoms with Crippen molar-refractivity contribution in [3.05, 3.63) is 71.3 Å². The first-order valence-corrected chi connectivity index (χ1v) is 6.66. The van der Waals surface area contributed by atoms with Gasteiger partial charge >= 0.3 is 5.97 Å². The summed E-state index contributed by atoms with van der Waals surface area (Å²) in [6.45, 7) is -0.572. The van der Waals surface area contributed by atoms with Crippen LogP contribution in [0.2, 0.25) is 0 Å². The molecular weight excluding hydrogens is 296 g/mol. The number of nitriles is 1. The van der Waals surface area contributed by atoms with Crippen molar-refractivity contribution in [3.8, 4) is 6.07 Å². The summed E-state index contributed by atoms with van der Waals surface area (Å²) in [7, 11) is 0. The SMILES string of the molecule is N#Cc1ccc(C(=O)OCC(=O)NC(=O)c2ccccc2)cc1. The second kappa shape index (κ2) is 7.52. The number of amides is 2. The van der Waals surface area contributed by atoms with Gasteiger partial charge in [-0.3, -0.25) is 14.9 Å². The van der Waals surface area contributed by atoms with Gasteiger partial charge in [-0.25, -0.2) is 4.79 Å². The maximum absolute atomic E-state index is 11.7. The van der Waals surface area contributed by atoms with Crippen LogP contribution < -0.4 is 5.32 Å². The summed E-state index contributed by atoms with van der Waals surface area (Å²) in [6, 6.07) is 15.9. The Morgan fingerprint density at radius 2 is 1.61 bits per heavy atom. The number of carbonyl (C=O) groups excluding carboxylic acids is 3. The number of imide groups is 1. The number of benzene rings is 2. The monoisotopic (exact) mass is 308 g/mol. The highest BCUT2D eigenvalue weighted by Crippen LogP contribution is 2.05. The van der Waals surface area contributed by atoms with Crippen LogP contribution in [0.4, 0.5) is 0 Å². The van der Waals surface area contributed by atoms with Crippen LogP contribution in [0.25, 0.3) is 0 Å². The summed E-state index contributed by atoms with van der Waals surface area (Å²) in [5.41, 5.74) is 0.957. The zero-order chi connectivity index (χ0) is 16.7. The maximum atomic E-state index is 11.7. The van der Waals surface area contributed by atoms with Crippen molar-refractivity contribution in [2.24, 2.45) is 0 Å². The first kappa shape index (κ1) is 15.9. The minimum Gasteiger partial charge on any atom is -0.452 e. The topological polar surface area (TPSA) is 96.3 Å². The van der Waals surface area contributed by atoms with E-state index in [0.29, 0.717) is 11.1 Å². The molecule has 0 unspecified atom stereocenters. The maximum Gasteiger partial charge on any atom is 0.338 e. The van der Waals surface area contributed by atoms with Gasteiger partial charge in [-0.15, -0.1) is 0 Å². The van der Waals surface area contributed by atoms with E-state index >= 15 is 0 Å². The lowest BCUT2D eigenvalue weighted by molar-refractivity contribution is -0.123. The number of rotatable bonds is 4. The van der Waals surface area contributed by atoms with Gasteiger partial charge in [0.15, 0.2) is 6.61 Å². The van der Waals surface area contributed by atoms with Crippen molar-refractivity contribution < 1.29 is 19.1 Å². The largest absolute Gasteiger partial charge is 0.452 e. The molecule has 23 heavy (non-hydrogen) atoms. The van der Waals surface area contributed by atoms with E-state index in [0.717, 1.165) is 0 Å². The molecular formula is C17H12N2O4. The number of nitrogens with zero attached hydrogens (tertiary/aromatic N) is 1. The number of hydrogen-bond donors (Lipinski definition) is 1. The first-order valence-electron chi connectivity index (χ1n) is 6.66. The highest BCUT2D eigenvalue weighted by molar-refractivity contribution is 6.05. The van der Waals surface area contributed by atoms with Gasteiger partial charge in [-0.05, 0) is 36.4 Å². The van der Waals surface area contributed by atoms with E-state index in [-0.39, 0.29) is 5.56 Å². The molecule has 0 heterocycles. The molecule has 0 fully saturated rings. The van der Waals surface area contributed by atoms with Gasteiger partial charge in [0, 0.05) is 5.56 Å². The fourth-order valence-corrected chi connectivity index (χ4v) is 1.72. The van der Waals surface area contributed by atoms with Gasteiger partial charge in [0.1, 0.15) is 0 Å². The average Bonchev–Trinajstić information content (AvgIpc) is 2.60. The lowest BCUT2D eigenvalue weighted by Crippen LogP contribution is -2.34. The molecule has 114 valence electrons. The number of ether oxygens (including phenoxy) is 1. The van der Waals surface area contributed by atoms with E-state index in [4.69, 9.17) is 10.00 Å². The minimum atomic E-state index is -0.721. The Labute approximate surface area is 132 Å². The van der Waals surface area contributed by atoms with Gasteiger partial charge in [0.2, 0.25) is 0 Å². The lowest BCUT2D eigenvalue weighted by atomic mass is 10.1. The van der Waals surface area contributed by atoms with Crippen molar-refractivity contribution in [1.29, 1.82) is 5.26 Å². The Morgan fingerprint density at radius 3 is 2.22 bits per heavy atom. The number of hydrogen-bond acceptors (Lipinski definition) is 5. The Morgan fingerprint density at radius 1 is 0.957 bits per heavy atom. The summed E-state index contributed by atoms with van der Waals surface area (Å²) >= 11 is 0. The first-order chi connectivity index (χ1) is 11.1. The highest BCUT2D eigenvalue weighted by Gasteiger charge is 2.13. The van der Waals surface area contributed by atoms with Crippen LogP contribution in [0.15, 0.2) is 54.6 Å². The van der Waals surface area contributed by atoms with E-state index in [1.54, 1.807) is 30.3 Å². The lowest BCUT2D eigenvalue weighted by Gasteiger charge is -2.06. The summed E-state index contributed by atoms with van der Waals surface area (Å²) in [5.74, 6) is -2.00. The number of esters is 1. The molecule has 1 N–H and O–H groups in total. The standard InChI is InChI=1S/C17H12N2O4/c18-10-12-6-8-14(9-7-12)17(22)23-11-15(20)19-16(21)13-4-2-1-3-5-13/h1-9H,11H2,(H,19,20,21). The molecule has 6 nitrogen and oxygen atoms in total. The van der Waals surface area contributed by atoms with E-state index in [2.05, 4.69) is 5.32 Å². The smallest absolute Gasteiger partial charge is 0.338 e. The van der Waals surface area contributed by atoms with Crippen LogP contribution in [-0.2, 0) is 9.53 Å². The molecule has 0 aromatic heterocycles. The van der Waals surface area contributed by atoms with E-state index in [1.165, 1.54) is 24.3 Å². The third kappa shape index (κ3) is 4.51. The van der Waals surface area contributed by atoms with Crippen LogP contribution in [-0.4, -0.2) is 24.4 Å². The van der Waals surface area contributed by atoms with Crippen molar-refractivity contribution in [2.45, 2.75) is 0 Å². The molecule has 0 aliphatic rings. The summed E-state index contributed by atoms with van der Waals surface area (Å²) in [5, 5.41) is 10.8. The predicted molar refractivity (Wildman–Crippen MR) is 80.4 cm³/mol. The van der Waals surface area contributed by atoms with Gasteiger partial charge in [0.05, 0.1) is 17.2 Å². The number of nitrogens with one attached hydrogen (secondary N) is 1. The van der Waals surface area contributed by atoms with Crippen LogP contribution in [0.5, 0.6) is 0 Å². The summed E-state index contributed by atoms with van der Waals surface area (Å²) < 4.78 is 4.81. The molecule has 0 aliphatic heterocycles. The van der Waals surface area contributed by atoms with Crippen molar-refractivity contribution in [1.82, 2.24) is 5.32 Å². The van der Waals surface area contributed by atoms with Crippen LogP contribution in [0.1, 0.15) is 26.3 Å². The van der Waals surface area contributed by atoms with Crippen molar-refractivity contribution in [2.75, 3.05) is 6.61 Å². The normalized spacial score (nSPS) is 9.52. The third-order valence-electron chi connectivity index (χ3n) is 2.87. The average molecular weight is 308 g/mol. The molecule has 0 spiro atoms. The van der Waals surface area contributed by atoms with Crippen molar-refractivity contribution >= 4 is 17.8 Å². The van der Waals surface area contributed by atoms with E-state index in [1.807, 2.05) is 6.07 Å². The molecule has 0 atom stereocenters. The Kier molecular flexibility index (Phi) is 5.21.